The predicted molar refractivity (Wildman–Crippen MR) is 59.0 cm³/mol. The minimum atomic E-state index is 0.336. The van der Waals surface area contributed by atoms with Crippen LogP contribution in [0.15, 0.2) is 23.4 Å². The normalized spacial score (nSPS) is 21.5. The topological polar surface area (TPSA) is 20.3 Å². The van der Waals surface area contributed by atoms with E-state index < -0.39 is 0 Å². The summed E-state index contributed by atoms with van der Waals surface area (Å²) in [6.07, 6.45) is 7.98. The number of rotatable bonds is 2. The molecule has 0 N–H and O–H groups in total. The van der Waals surface area contributed by atoms with Gasteiger partial charge in [-0.1, -0.05) is 6.08 Å². The molecule has 0 aliphatic heterocycles. The summed E-state index contributed by atoms with van der Waals surface area (Å²) in [6, 6.07) is 0. The van der Waals surface area contributed by atoms with Crippen molar-refractivity contribution in [2.24, 2.45) is 0 Å². The van der Waals surface area contributed by atoms with Crippen LogP contribution in [0.1, 0.15) is 32.6 Å². The van der Waals surface area contributed by atoms with Crippen LogP contribution in [0.2, 0.25) is 0 Å². The highest BCUT2D eigenvalue weighted by Crippen LogP contribution is 2.20. The Bertz CT molecular complexity index is 274. The standard InChI is InChI=1S/C12H19NO/c1-10(9-13(2)3)8-11-6-4-5-7-12(11)14/h8-9H,4-7H2,1-3H3/b10-9+,11-8-. The van der Waals surface area contributed by atoms with Crippen molar-refractivity contribution in [1.29, 1.82) is 0 Å². The van der Waals surface area contributed by atoms with Gasteiger partial charge >= 0.3 is 0 Å². The second-order valence-electron chi connectivity index (χ2n) is 4.14. The highest BCUT2D eigenvalue weighted by Gasteiger charge is 2.14. The second-order valence-corrected chi connectivity index (χ2v) is 4.14. The van der Waals surface area contributed by atoms with Crippen LogP contribution in [0, 0.1) is 0 Å². The third-order valence-electron chi connectivity index (χ3n) is 2.32. The van der Waals surface area contributed by atoms with E-state index in [1.807, 2.05) is 38.2 Å². The van der Waals surface area contributed by atoms with E-state index in [4.69, 9.17) is 0 Å². The average molecular weight is 193 g/mol. The van der Waals surface area contributed by atoms with Crippen LogP contribution < -0.4 is 0 Å². The number of nitrogens with zero attached hydrogens (tertiary/aromatic N) is 1. The molecule has 2 heteroatoms. The van der Waals surface area contributed by atoms with Crippen molar-refractivity contribution in [3.8, 4) is 0 Å². The average Bonchev–Trinajstić information content (AvgIpc) is 2.07. The number of hydrogen-bond acceptors (Lipinski definition) is 2. The zero-order chi connectivity index (χ0) is 10.6. The summed E-state index contributed by atoms with van der Waals surface area (Å²) in [5.41, 5.74) is 2.16. The molecule has 0 saturated heterocycles. The van der Waals surface area contributed by atoms with Crippen molar-refractivity contribution in [1.82, 2.24) is 4.90 Å². The Balaban J connectivity index is 2.70. The van der Waals surface area contributed by atoms with E-state index in [2.05, 4.69) is 0 Å². The van der Waals surface area contributed by atoms with Crippen LogP contribution in [0.5, 0.6) is 0 Å². The van der Waals surface area contributed by atoms with Crippen molar-refractivity contribution in [3.63, 3.8) is 0 Å². The number of carbonyl (C=O) groups is 1. The van der Waals surface area contributed by atoms with Gasteiger partial charge in [-0.2, -0.15) is 0 Å². The van der Waals surface area contributed by atoms with Gasteiger partial charge in [-0.3, -0.25) is 4.79 Å². The van der Waals surface area contributed by atoms with Gasteiger partial charge in [0.05, 0.1) is 0 Å². The van der Waals surface area contributed by atoms with Crippen LogP contribution >= 0.6 is 0 Å². The van der Waals surface area contributed by atoms with Crippen LogP contribution in [-0.4, -0.2) is 24.8 Å². The molecule has 0 radical (unpaired) electrons. The van der Waals surface area contributed by atoms with E-state index in [0.29, 0.717) is 5.78 Å². The van der Waals surface area contributed by atoms with Crippen LogP contribution in [0.3, 0.4) is 0 Å². The van der Waals surface area contributed by atoms with Gasteiger partial charge in [0.25, 0.3) is 0 Å². The monoisotopic (exact) mass is 193 g/mol. The molecule has 0 bridgehead atoms. The van der Waals surface area contributed by atoms with Crippen molar-refractivity contribution < 1.29 is 4.79 Å². The van der Waals surface area contributed by atoms with Gasteiger partial charge in [0.15, 0.2) is 5.78 Å². The Labute approximate surface area is 86.3 Å². The maximum absolute atomic E-state index is 11.5. The number of hydrogen-bond donors (Lipinski definition) is 0. The fraction of sp³-hybridized carbons (Fsp3) is 0.583. The number of ketones is 1. The van der Waals surface area contributed by atoms with Gasteiger partial charge in [0, 0.05) is 26.7 Å². The Hall–Kier alpha value is -1.05. The Morgan fingerprint density at radius 2 is 1.93 bits per heavy atom. The van der Waals surface area contributed by atoms with E-state index in [-0.39, 0.29) is 0 Å². The second kappa shape index (κ2) is 4.99. The van der Waals surface area contributed by atoms with Crippen molar-refractivity contribution in [2.45, 2.75) is 32.6 Å². The lowest BCUT2D eigenvalue weighted by Crippen LogP contribution is -2.09. The van der Waals surface area contributed by atoms with Gasteiger partial charge in [-0.05, 0) is 37.3 Å². The molecule has 1 aliphatic rings. The maximum Gasteiger partial charge on any atom is 0.158 e. The summed E-state index contributed by atoms with van der Waals surface area (Å²) in [7, 11) is 3.98. The molecule has 0 atom stereocenters. The molecule has 0 aromatic rings. The fourth-order valence-electron chi connectivity index (χ4n) is 1.77. The van der Waals surface area contributed by atoms with Gasteiger partial charge in [-0.15, -0.1) is 0 Å². The lowest BCUT2D eigenvalue weighted by molar-refractivity contribution is -0.116. The molecule has 1 saturated carbocycles. The molecule has 0 heterocycles. The van der Waals surface area contributed by atoms with Crippen molar-refractivity contribution in [2.75, 3.05) is 14.1 Å². The molecular weight excluding hydrogens is 174 g/mol. The first-order valence-corrected chi connectivity index (χ1v) is 5.18. The summed E-state index contributed by atoms with van der Waals surface area (Å²) in [4.78, 5) is 13.5. The molecular formula is C12H19NO. The summed E-state index contributed by atoms with van der Waals surface area (Å²) in [5, 5.41) is 0. The van der Waals surface area contributed by atoms with Gasteiger partial charge in [0.1, 0.15) is 0 Å². The molecule has 1 rings (SSSR count). The molecule has 14 heavy (non-hydrogen) atoms. The molecule has 1 fully saturated rings. The van der Waals surface area contributed by atoms with Crippen molar-refractivity contribution >= 4 is 5.78 Å². The maximum atomic E-state index is 11.5. The molecule has 0 aromatic heterocycles. The molecule has 78 valence electrons. The zero-order valence-electron chi connectivity index (χ0n) is 9.34. The third-order valence-corrected chi connectivity index (χ3v) is 2.32. The highest BCUT2D eigenvalue weighted by molar-refractivity contribution is 5.96. The first-order valence-electron chi connectivity index (χ1n) is 5.18. The van der Waals surface area contributed by atoms with Gasteiger partial charge in [-0.25, -0.2) is 0 Å². The summed E-state index contributed by atoms with van der Waals surface area (Å²) < 4.78 is 0. The highest BCUT2D eigenvalue weighted by atomic mass is 16.1. The van der Waals surface area contributed by atoms with Crippen molar-refractivity contribution in [3.05, 3.63) is 23.4 Å². The first kappa shape index (κ1) is 11.0. The number of carbonyl (C=O) groups excluding carboxylic acids is 1. The molecule has 0 unspecified atom stereocenters. The molecule has 0 amide bonds. The lowest BCUT2D eigenvalue weighted by atomic mass is 9.92. The first-order chi connectivity index (χ1) is 6.59. The van der Waals surface area contributed by atoms with E-state index >= 15 is 0 Å². The number of Topliss-reactive ketones (excluding diaryl/α,β-unsaturated/α-hetero) is 1. The van der Waals surface area contributed by atoms with Gasteiger partial charge < -0.3 is 4.90 Å². The quantitative estimate of drug-likeness (QED) is 0.628. The zero-order valence-corrected chi connectivity index (χ0v) is 9.34. The third kappa shape index (κ3) is 3.36. The fourth-order valence-corrected chi connectivity index (χ4v) is 1.77. The SMILES string of the molecule is CC(/C=C1/CCCCC1=O)=C\N(C)C. The molecule has 0 spiro atoms. The predicted octanol–water partition coefficient (Wildman–Crippen LogP) is 2.52. The summed E-state index contributed by atoms with van der Waals surface area (Å²) >= 11 is 0. The minimum Gasteiger partial charge on any atom is -0.383 e. The molecule has 1 aliphatic carbocycles. The van der Waals surface area contributed by atoms with Gasteiger partial charge in [0.2, 0.25) is 0 Å². The lowest BCUT2D eigenvalue weighted by Gasteiger charge is -2.13. The summed E-state index contributed by atoms with van der Waals surface area (Å²) in [6.45, 7) is 2.04. The Kier molecular flexibility index (Phi) is 3.93. The Morgan fingerprint density at radius 1 is 1.29 bits per heavy atom. The smallest absolute Gasteiger partial charge is 0.158 e. The number of allylic oxidation sites excluding steroid dienone is 3. The van der Waals surface area contributed by atoms with E-state index in [1.54, 1.807) is 0 Å². The molecule has 0 aromatic carbocycles. The van der Waals surface area contributed by atoms with Crippen LogP contribution in [-0.2, 0) is 4.79 Å². The van der Waals surface area contributed by atoms with E-state index in [0.717, 1.165) is 36.8 Å². The summed E-state index contributed by atoms with van der Waals surface area (Å²) in [5.74, 6) is 0.336. The minimum absolute atomic E-state index is 0.336. The van der Waals surface area contributed by atoms with E-state index in [1.165, 1.54) is 0 Å². The van der Waals surface area contributed by atoms with E-state index in [9.17, 15) is 4.79 Å². The largest absolute Gasteiger partial charge is 0.383 e. The molecule has 2 nitrogen and oxygen atoms in total. The Morgan fingerprint density at radius 3 is 2.50 bits per heavy atom. The van der Waals surface area contributed by atoms with Crippen LogP contribution in [0.25, 0.3) is 0 Å². The van der Waals surface area contributed by atoms with Crippen LogP contribution in [0.4, 0.5) is 0 Å².